The maximum atomic E-state index is 5.52. The quantitative estimate of drug-likeness (QED) is 0.876. The molecule has 0 amide bonds. The minimum atomic E-state index is 0.852. The topological polar surface area (TPSA) is 33.7 Å². The molecular formula is C14H22N2O2. The van der Waals surface area contributed by atoms with Gasteiger partial charge in [0.15, 0.2) is 11.5 Å². The highest BCUT2D eigenvalue weighted by molar-refractivity contribution is 5.51. The first-order chi connectivity index (χ1) is 8.76. The molecule has 0 aromatic heterocycles. The van der Waals surface area contributed by atoms with E-state index in [0.717, 1.165) is 49.8 Å². The lowest BCUT2D eigenvalue weighted by molar-refractivity contribution is 0.229. The summed E-state index contributed by atoms with van der Waals surface area (Å²) in [7, 11) is 3.40. The summed E-state index contributed by atoms with van der Waals surface area (Å²) in [5.74, 6) is 1.72. The molecule has 0 saturated carbocycles. The monoisotopic (exact) mass is 250 g/mol. The number of nitrogens with zero attached hydrogens (tertiary/aromatic N) is 1. The van der Waals surface area contributed by atoms with Gasteiger partial charge in [0.25, 0.3) is 0 Å². The van der Waals surface area contributed by atoms with Crippen LogP contribution in [0.2, 0.25) is 0 Å². The number of piperazine rings is 1. The van der Waals surface area contributed by atoms with Crippen molar-refractivity contribution in [2.24, 2.45) is 0 Å². The van der Waals surface area contributed by atoms with E-state index in [1.54, 1.807) is 14.2 Å². The first-order valence-corrected chi connectivity index (χ1v) is 6.39. The van der Waals surface area contributed by atoms with Crippen LogP contribution in [0.4, 0.5) is 0 Å². The second-order valence-corrected chi connectivity index (χ2v) is 4.63. The second-order valence-electron chi connectivity index (χ2n) is 4.63. The molecule has 1 N–H and O–H groups in total. The van der Waals surface area contributed by atoms with Gasteiger partial charge in [-0.15, -0.1) is 0 Å². The van der Waals surface area contributed by atoms with E-state index >= 15 is 0 Å². The van der Waals surface area contributed by atoms with Gasteiger partial charge >= 0.3 is 0 Å². The summed E-state index contributed by atoms with van der Waals surface area (Å²) in [4.78, 5) is 2.43. The SMILES string of the molecule is COc1c(C)ccc(CN2CCNCC2)c1OC. The van der Waals surface area contributed by atoms with Crippen LogP contribution < -0.4 is 14.8 Å². The number of rotatable bonds is 4. The standard InChI is InChI=1S/C14H22N2O2/c1-11-4-5-12(14(18-3)13(11)17-2)10-16-8-6-15-7-9-16/h4-5,15H,6-10H2,1-3H3. The van der Waals surface area contributed by atoms with Gasteiger partial charge in [-0.25, -0.2) is 0 Å². The highest BCUT2D eigenvalue weighted by atomic mass is 16.5. The zero-order valence-corrected chi connectivity index (χ0v) is 11.5. The summed E-state index contributed by atoms with van der Waals surface area (Å²) in [5.41, 5.74) is 2.31. The average molecular weight is 250 g/mol. The molecule has 1 aromatic carbocycles. The molecule has 0 unspecified atom stereocenters. The van der Waals surface area contributed by atoms with Crippen molar-refractivity contribution in [3.05, 3.63) is 23.3 Å². The van der Waals surface area contributed by atoms with Gasteiger partial charge in [-0.05, 0) is 12.5 Å². The average Bonchev–Trinajstić information content (AvgIpc) is 2.41. The largest absolute Gasteiger partial charge is 0.493 e. The fraction of sp³-hybridized carbons (Fsp3) is 0.571. The van der Waals surface area contributed by atoms with Crippen molar-refractivity contribution in [3.63, 3.8) is 0 Å². The van der Waals surface area contributed by atoms with Crippen LogP contribution in [0.15, 0.2) is 12.1 Å². The van der Waals surface area contributed by atoms with E-state index in [9.17, 15) is 0 Å². The van der Waals surface area contributed by atoms with Crippen LogP contribution in [-0.2, 0) is 6.54 Å². The third-order valence-electron chi connectivity index (χ3n) is 3.40. The fourth-order valence-electron chi connectivity index (χ4n) is 2.41. The summed E-state index contributed by atoms with van der Waals surface area (Å²) in [6, 6.07) is 4.23. The molecule has 2 rings (SSSR count). The highest BCUT2D eigenvalue weighted by Gasteiger charge is 2.16. The normalized spacial score (nSPS) is 16.6. The van der Waals surface area contributed by atoms with Gasteiger partial charge < -0.3 is 14.8 Å². The minimum absolute atomic E-state index is 0.852. The maximum Gasteiger partial charge on any atom is 0.165 e. The van der Waals surface area contributed by atoms with Crippen LogP contribution in [0.25, 0.3) is 0 Å². The zero-order valence-electron chi connectivity index (χ0n) is 11.5. The number of hydrogen-bond acceptors (Lipinski definition) is 4. The van der Waals surface area contributed by atoms with Crippen molar-refractivity contribution in [3.8, 4) is 11.5 Å². The summed E-state index contributed by atoms with van der Waals surface area (Å²) >= 11 is 0. The molecule has 0 bridgehead atoms. The van der Waals surface area contributed by atoms with Crippen molar-refractivity contribution in [2.75, 3.05) is 40.4 Å². The van der Waals surface area contributed by atoms with Crippen LogP contribution in [0.1, 0.15) is 11.1 Å². The van der Waals surface area contributed by atoms with Gasteiger partial charge in [0.2, 0.25) is 0 Å². The lowest BCUT2D eigenvalue weighted by Crippen LogP contribution is -2.42. The van der Waals surface area contributed by atoms with Crippen LogP contribution >= 0.6 is 0 Å². The Kier molecular flexibility index (Phi) is 4.44. The van der Waals surface area contributed by atoms with Crippen molar-refractivity contribution < 1.29 is 9.47 Å². The molecule has 1 aliphatic heterocycles. The maximum absolute atomic E-state index is 5.52. The Balaban J connectivity index is 2.21. The molecular weight excluding hydrogens is 228 g/mol. The number of aryl methyl sites for hydroxylation is 1. The number of hydrogen-bond donors (Lipinski definition) is 1. The Hall–Kier alpha value is -1.26. The molecule has 1 heterocycles. The number of nitrogens with one attached hydrogen (secondary N) is 1. The molecule has 1 aromatic rings. The van der Waals surface area contributed by atoms with E-state index in [1.165, 1.54) is 5.56 Å². The minimum Gasteiger partial charge on any atom is -0.493 e. The third kappa shape index (κ3) is 2.76. The van der Waals surface area contributed by atoms with Gasteiger partial charge in [0, 0.05) is 38.3 Å². The van der Waals surface area contributed by atoms with Crippen LogP contribution in [0, 0.1) is 6.92 Å². The zero-order chi connectivity index (χ0) is 13.0. The first-order valence-electron chi connectivity index (χ1n) is 6.39. The molecule has 1 saturated heterocycles. The van der Waals surface area contributed by atoms with Gasteiger partial charge in [0.1, 0.15) is 0 Å². The lowest BCUT2D eigenvalue weighted by Gasteiger charge is -2.28. The van der Waals surface area contributed by atoms with Crippen molar-refractivity contribution in [2.45, 2.75) is 13.5 Å². The van der Waals surface area contributed by atoms with Gasteiger partial charge in [-0.3, -0.25) is 4.90 Å². The molecule has 0 radical (unpaired) electrons. The van der Waals surface area contributed by atoms with E-state index in [-0.39, 0.29) is 0 Å². The van der Waals surface area contributed by atoms with E-state index < -0.39 is 0 Å². The molecule has 100 valence electrons. The molecule has 4 nitrogen and oxygen atoms in total. The third-order valence-corrected chi connectivity index (χ3v) is 3.40. The van der Waals surface area contributed by atoms with Gasteiger partial charge in [-0.1, -0.05) is 12.1 Å². The van der Waals surface area contributed by atoms with E-state index in [2.05, 4.69) is 22.3 Å². The van der Waals surface area contributed by atoms with E-state index in [4.69, 9.17) is 9.47 Å². The van der Waals surface area contributed by atoms with Crippen molar-refractivity contribution in [1.29, 1.82) is 0 Å². The van der Waals surface area contributed by atoms with Gasteiger partial charge in [0.05, 0.1) is 14.2 Å². The molecule has 0 atom stereocenters. The van der Waals surface area contributed by atoms with Crippen molar-refractivity contribution in [1.82, 2.24) is 10.2 Å². The Bertz CT molecular complexity index is 401. The Morgan fingerprint density at radius 1 is 1.11 bits per heavy atom. The Labute approximate surface area is 109 Å². The summed E-state index contributed by atoms with van der Waals surface area (Å²) in [6.07, 6.45) is 0. The summed E-state index contributed by atoms with van der Waals surface area (Å²) < 4.78 is 11.0. The molecule has 18 heavy (non-hydrogen) atoms. The van der Waals surface area contributed by atoms with Crippen LogP contribution in [0.5, 0.6) is 11.5 Å². The van der Waals surface area contributed by atoms with Crippen LogP contribution in [0.3, 0.4) is 0 Å². The molecule has 0 spiro atoms. The molecule has 1 aliphatic rings. The number of ether oxygens (including phenoxy) is 2. The van der Waals surface area contributed by atoms with E-state index in [0.29, 0.717) is 0 Å². The fourth-order valence-corrected chi connectivity index (χ4v) is 2.41. The first kappa shape index (κ1) is 13.2. The highest BCUT2D eigenvalue weighted by Crippen LogP contribution is 2.34. The smallest absolute Gasteiger partial charge is 0.165 e. The predicted molar refractivity (Wildman–Crippen MR) is 72.4 cm³/mol. The predicted octanol–water partition coefficient (Wildman–Crippen LogP) is 1.42. The van der Waals surface area contributed by atoms with Crippen molar-refractivity contribution >= 4 is 0 Å². The second kappa shape index (κ2) is 6.07. The van der Waals surface area contributed by atoms with E-state index in [1.807, 2.05) is 6.92 Å². The summed E-state index contributed by atoms with van der Waals surface area (Å²) in [5, 5.41) is 3.36. The molecule has 4 heteroatoms. The Morgan fingerprint density at radius 3 is 2.39 bits per heavy atom. The Morgan fingerprint density at radius 2 is 1.78 bits per heavy atom. The number of benzene rings is 1. The van der Waals surface area contributed by atoms with Crippen LogP contribution in [-0.4, -0.2) is 45.3 Å². The lowest BCUT2D eigenvalue weighted by atomic mass is 10.1. The van der Waals surface area contributed by atoms with Gasteiger partial charge in [-0.2, -0.15) is 0 Å². The summed E-state index contributed by atoms with van der Waals surface area (Å²) in [6.45, 7) is 7.24. The molecule has 0 aliphatic carbocycles. The number of methoxy groups -OCH3 is 2. The molecule has 1 fully saturated rings.